The molecule has 1 aromatic rings. The van der Waals surface area contributed by atoms with Gasteiger partial charge >= 0.3 is 0 Å². The van der Waals surface area contributed by atoms with E-state index in [2.05, 4.69) is 16.3 Å². The summed E-state index contributed by atoms with van der Waals surface area (Å²) >= 11 is 1.70. The Hall–Kier alpha value is -0.910. The number of hydrogen-bond donors (Lipinski definition) is 2. The van der Waals surface area contributed by atoms with Crippen LogP contribution < -0.4 is 11.1 Å². The van der Waals surface area contributed by atoms with Crippen LogP contribution in [0.15, 0.2) is 17.5 Å². The van der Waals surface area contributed by atoms with Crippen molar-refractivity contribution in [1.29, 1.82) is 0 Å². The Labute approximate surface area is 99.4 Å². The predicted octanol–water partition coefficient (Wildman–Crippen LogP) is 0.568. The molecule has 2 rings (SSSR count). The number of rotatable bonds is 3. The van der Waals surface area contributed by atoms with Crippen molar-refractivity contribution in [2.75, 3.05) is 19.6 Å². The summed E-state index contributed by atoms with van der Waals surface area (Å²) in [6.45, 7) is 4.07. The third-order valence-corrected chi connectivity index (χ3v) is 4.01. The molecule has 0 saturated carbocycles. The van der Waals surface area contributed by atoms with Gasteiger partial charge in [0.25, 0.3) is 0 Å². The van der Waals surface area contributed by atoms with Crippen LogP contribution in [0.4, 0.5) is 0 Å². The lowest BCUT2D eigenvalue weighted by Gasteiger charge is -2.38. The molecule has 1 saturated heterocycles. The maximum absolute atomic E-state index is 11.6. The Morgan fingerprint density at radius 1 is 1.75 bits per heavy atom. The fourth-order valence-electron chi connectivity index (χ4n) is 2.12. The van der Waals surface area contributed by atoms with Gasteiger partial charge in [-0.1, -0.05) is 6.07 Å². The molecule has 1 fully saturated rings. The summed E-state index contributed by atoms with van der Waals surface area (Å²) in [5, 5.41) is 4.92. The summed E-state index contributed by atoms with van der Waals surface area (Å²) in [6, 6.07) is 4.18. The third-order valence-electron chi connectivity index (χ3n) is 3.04. The molecule has 3 N–H and O–H groups in total. The van der Waals surface area contributed by atoms with Crippen LogP contribution in [0, 0.1) is 0 Å². The standard InChI is InChI=1S/C11H17N3OS/c1-8-11(15)13-4-5-14(8)9(7-12)10-3-2-6-16-10/h2-3,6,8-9H,4-5,7,12H2,1H3,(H,13,15). The second kappa shape index (κ2) is 4.95. The molecular weight excluding hydrogens is 222 g/mol. The average Bonchev–Trinajstić information content (AvgIpc) is 2.79. The molecule has 0 radical (unpaired) electrons. The highest BCUT2D eigenvalue weighted by Gasteiger charge is 2.31. The van der Waals surface area contributed by atoms with Crippen LogP contribution in [0.25, 0.3) is 0 Å². The number of piperazine rings is 1. The van der Waals surface area contributed by atoms with Crippen molar-refractivity contribution in [2.24, 2.45) is 5.73 Å². The zero-order valence-electron chi connectivity index (χ0n) is 9.35. The molecule has 16 heavy (non-hydrogen) atoms. The van der Waals surface area contributed by atoms with Crippen molar-refractivity contribution >= 4 is 17.2 Å². The van der Waals surface area contributed by atoms with E-state index in [1.54, 1.807) is 11.3 Å². The zero-order valence-corrected chi connectivity index (χ0v) is 10.2. The fourth-order valence-corrected chi connectivity index (χ4v) is 2.98. The van der Waals surface area contributed by atoms with Crippen molar-refractivity contribution in [1.82, 2.24) is 10.2 Å². The third kappa shape index (κ3) is 2.11. The highest BCUT2D eigenvalue weighted by Crippen LogP contribution is 2.26. The van der Waals surface area contributed by atoms with Crippen LogP contribution in [0.5, 0.6) is 0 Å². The number of amides is 1. The lowest BCUT2D eigenvalue weighted by molar-refractivity contribution is -0.129. The largest absolute Gasteiger partial charge is 0.353 e. The van der Waals surface area contributed by atoms with Crippen LogP contribution >= 0.6 is 11.3 Å². The Bertz CT molecular complexity index is 352. The monoisotopic (exact) mass is 239 g/mol. The van der Waals surface area contributed by atoms with E-state index >= 15 is 0 Å². The molecule has 0 aromatic carbocycles. The van der Waals surface area contributed by atoms with Gasteiger partial charge in [-0.05, 0) is 18.4 Å². The van der Waals surface area contributed by atoms with Crippen molar-refractivity contribution in [2.45, 2.75) is 19.0 Å². The topological polar surface area (TPSA) is 58.4 Å². The Morgan fingerprint density at radius 2 is 2.56 bits per heavy atom. The van der Waals surface area contributed by atoms with Gasteiger partial charge in [0.15, 0.2) is 0 Å². The highest BCUT2D eigenvalue weighted by molar-refractivity contribution is 7.10. The second-order valence-corrected chi connectivity index (χ2v) is 4.95. The van der Waals surface area contributed by atoms with Crippen molar-refractivity contribution in [3.8, 4) is 0 Å². The van der Waals surface area contributed by atoms with E-state index in [1.807, 2.05) is 18.4 Å². The van der Waals surface area contributed by atoms with E-state index in [4.69, 9.17) is 5.73 Å². The van der Waals surface area contributed by atoms with Gasteiger partial charge in [-0.3, -0.25) is 9.69 Å². The quantitative estimate of drug-likeness (QED) is 0.810. The molecule has 4 nitrogen and oxygen atoms in total. The van der Waals surface area contributed by atoms with Gasteiger partial charge in [0.2, 0.25) is 5.91 Å². The van der Waals surface area contributed by atoms with Gasteiger partial charge in [-0.15, -0.1) is 11.3 Å². The first kappa shape index (κ1) is 11.6. The molecule has 2 atom stereocenters. The molecule has 1 amide bonds. The van der Waals surface area contributed by atoms with Crippen LogP contribution in [0.3, 0.4) is 0 Å². The summed E-state index contributed by atoms with van der Waals surface area (Å²) in [5.74, 6) is 0.0984. The minimum atomic E-state index is -0.0931. The molecule has 2 unspecified atom stereocenters. The first-order chi connectivity index (χ1) is 7.74. The van der Waals surface area contributed by atoms with Gasteiger partial charge in [0, 0.05) is 24.5 Å². The van der Waals surface area contributed by atoms with Gasteiger partial charge in [0.05, 0.1) is 12.1 Å². The smallest absolute Gasteiger partial charge is 0.237 e. The number of carbonyl (C=O) groups is 1. The van der Waals surface area contributed by atoms with E-state index < -0.39 is 0 Å². The average molecular weight is 239 g/mol. The highest BCUT2D eigenvalue weighted by atomic mass is 32.1. The summed E-state index contributed by atoms with van der Waals surface area (Å²) in [5.41, 5.74) is 5.84. The number of nitrogens with zero attached hydrogens (tertiary/aromatic N) is 1. The molecule has 1 aliphatic rings. The molecule has 0 bridgehead atoms. The minimum Gasteiger partial charge on any atom is -0.353 e. The van der Waals surface area contributed by atoms with E-state index in [1.165, 1.54) is 4.88 Å². The first-order valence-electron chi connectivity index (χ1n) is 5.51. The SMILES string of the molecule is CC1C(=O)NCCN1C(CN)c1cccs1. The van der Waals surface area contributed by atoms with E-state index in [0.717, 1.165) is 6.54 Å². The van der Waals surface area contributed by atoms with Gasteiger partial charge in [-0.2, -0.15) is 0 Å². The molecule has 88 valence electrons. The molecule has 5 heteroatoms. The van der Waals surface area contributed by atoms with Crippen molar-refractivity contribution in [3.05, 3.63) is 22.4 Å². The van der Waals surface area contributed by atoms with Crippen molar-refractivity contribution in [3.63, 3.8) is 0 Å². The van der Waals surface area contributed by atoms with Gasteiger partial charge < -0.3 is 11.1 Å². The van der Waals surface area contributed by atoms with Crippen LogP contribution in [0.1, 0.15) is 17.8 Å². The van der Waals surface area contributed by atoms with Crippen LogP contribution in [-0.4, -0.2) is 36.5 Å². The molecule has 2 heterocycles. The van der Waals surface area contributed by atoms with E-state index in [-0.39, 0.29) is 18.0 Å². The van der Waals surface area contributed by atoms with Crippen LogP contribution in [0.2, 0.25) is 0 Å². The molecule has 0 aliphatic carbocycles. The Kier molecular flexibility index (Phi) is 3.58. The Morgan fingerprint density at radius 3 is 3.19 bits per heavy atom. The van der Waals surface area contributed by atoms with E-state index in [9.17, 15) is 4.79 Å². The normalized spacial score (nSPS) is 24.1. The number of nitrogens with one attached hydrogen (secondary N) is 1. The zero-order chi connectivity index (χ0) is 11.5. The maximum atomic E-state index is 11.6. The fraction of sp³-hybridized carbons (Fsp3) is 0.545. The number of carbonyl (C=O) groups excluding carboxylic acids is 1. The maximum Gasteiger partial charge on any atom is 0.237 e. The Balaban J connectivity index is 2.17. The first-order valence-corrected chi connectivity index (χ1v) is 6.39. The number of thiophene rings is 1. The molecule has 1 aromatic heterocycles. The lowest BCUT2D eigenvalue weighted by atomic mass is 10.1. The number of hydrogen-bond acceptors (Lipinski definition) is 4. The number of nitrogens with two attached hydrogens (primary N) is 1. The second-order valence-electron chi connectivity index (χ2n) is 3.97. The lowest BCUT2D eigenvalue weighted by Crippen LogP contribution is -2.55. The predicted molar refractivity (Wildman–Crippen MR) is 65.3 cm³/mol. The minimum absolute atomic E-state index is 0.0931. The van der Waals surface area contributed by atoms with Crippen LogP contribution in [-0.2, 0) is 4.79 Å². The van der Waals surface area contributed by atoms with Crippen molar-refractivity contribution < 1.29 is 4.79 Å². The van der Waals surface area contributed by atoms with Gasteiger partial charge in [-0.25, -0.2) is 0 Å². The summed E-state index contributed by atoms with van der Waals surface area (Å²) < 4.78 is 0. The van der Waals surface area contributed by atoms with Gasteiger partial charge in [0.1, 0.15) is 0 Å². The van der Waals surface area contributed by atoms with E-state index in [0.29, 0.717) is 13.1 Å². The molecular formula is C11H17N3OS. The molecule has 0 spiro atoms. The summed E-state index contributed by atoms with van der Waals surface area (Å²) in [4.78, 5) is 15.0. The molecule has 1 aliphatic heterocycles. The summed E-state index contributed by atoms with van der Waals surface area (Å²) in [7, 11) is 0. The summed E-state index contributed by atoms with van der Waals surface area (Å²) in [6.07, 6.45) is 0.